The Balaban J connectivity index is 1.52. The van der Waals surface area contributed by atoms with Crippen molar-refractivity contribution in [3.05, 3.63) is 99.7 Å². The van der Waals surface area contributed by atoms with Gasteiger partial charge in [0.05, 0.1) is 26.0 Å². The summed E-state index contributed by atoms with van der Waals surface area (Å²) in [5, 5.41) is 7.55. The molecule has 0 aliphatic carbocycles. The number of halogens is 1. The van der Waals surface area contributed by atoms with Gasteiger partial charge in [0.2, 0.25) is 0 Å². The summed E-state index contributed by atoms with van der Waals surface area (Å²) >= 11 is 3.52. The Hall–Kier alpha value is -3.58. The number of hydrogen-bond donors (Lipinski definition) is 1. The van der Waals surface area contributed by atoms with Crippen LogP contribution in [0.4, 0.5) is 0 Å². The molecule has 34 heavy (non-hydrogen) atoms. The minimum Gasteiger partial charge on any atom is -0.493 e. The van der Waals surface area contributed by atoms with Gasteiger partial charge in [0.15, 0.2) is 11.5 Å². The predicted octanol–water partition coefficient (Wildman–Crippen LogP) is 5.64. The molecule has 172 valence electrons. The van der Waals surface area contributed by atoms with Gasteiger partial charge in [0, 0.05) is 22.1 Å². The lowest BCUT2D eigenvalue weighted by Gasteiger charge is -2.26. The normalized spacial score (nSPS) is 14.9. The van der Waals surface area contributed by atoms with E-state index in [1.165, 1.54) is 0 Å². The van der Waals surface area contributed by atoms with Crippen molar-refractivity contribution in [2.75, 3.05) is 20.8 Å². The minimum absolute atomic E-state index is 0.0434. The third-order valence-corrected chi connectivity index (χ3v) is 6.71. The van der Waals surface area contributed by atoms with Gasteiger partial charge in [-0.3, -0.25) is 9.89 Å². The molecular weight excluding hydrogens is 494 g/mol. The van der Waals surface area contributed by atoms with Gasteiger partial charge in [-0.25, -0.2) is 0 Å². The number of carbonyl (C=O) groups is 1. The molecule has 0 radical (unpaired) electrons. The van der Waals surface area contributed by atoms with Gasteiger partial charge in [0.25, 0.3) is 5.91 Å². The number of nitrogens with one attached hydrogen (secondary N) is 1. The summed E-state index contributed by atoms with van der Waals surface area (Å²) < 4.78 is 11.8. The van der Waals surface area contributed by atoms with Crippen LogP contribution in [-0.2, 0) is 6.42 Å². The maximum Gasteiger partial charge on any atom is 0.273 e. The van der Waals surface area contributed by atoms with Crippen LogP contribution in [0.3, 0.4) is 0 Å². The number of carbonyl (C=O) groups excluding carboxylic acids is 1. The smallest absolute Gasteiger partial charge is 0.273 e. The summed E-state index contributed by atoms with van der Waals surface area (Å²) in [6, 6.07) is 23.7. The lowest BCUT2D eigenvalue weighted by atomic mass is 9.96. The number of hydrogen-bond acceptors (Lipinski definition) is 4. The van der Waals surface area contributed by atoms with Gasteiger partial charge in [0.1, 0.15) is 5.69 Å². The zero-order valence-electron chi connectivity index (χ0n) is 18.9. The summed E-state index contributed by atoms with van der Waals surface area (Å²) in [6.45, 7) is 0.547. The monoisotopic (exact) mass is 517 g/mol. The van der Waals surface area contributed by atoms with E-state index in [0.29, 0.717) is 30.2 Å². The highest BCUT2D eigenvalue weighted by molar-refractivity contribution is 9.10. The number of amides is 1. The second kappa shape index (κ2) is 9.35. The highest BCUT2D eigenvalue weighted by atomic mass is 79.9. The maximum atomic E-state index is 13.5. The van der Waals surface area contributed by atoms with Gasteiger partial charge in [-0.2, -0.15) is 5.10 Å². The molecule has 1 atom stereocenters. The molecule has 0 saturated heterocycles. The number of benzene rings is 3. The lowest BCUT2D eigenvalue weighted by molar-refractivity contribution is 0.0746. The van der Waals surface area contributed by atoms with Gasteiger partial charge in [-0.15, -0.1) is 0 Å². The average Bonchev–Trinajstić information content (AvgIpc) is 3.42. The van der Waals surface area contributed by atoms with Crippen LogP contribution < -0.4 is 9.47 Å². The number of aromatic nitrogens is 2. The van der Waals surface area contributed by atoms with E-state index in [4.69, 9.17) is 9.47 Å². The van der Waals surface area contributed by atoms with Crippen LogP contribution in [0.2, 0.25) is 0 Å². The van der Waals surface area contributed by atoms with Crippen LogP contribution in [0.25, 0.3) is 11.3 Å². The number of rotatable bonds is 7. The predicted molar refractivity (Wildman–Crippen MR) is 134 cm³/mol. The van der Waals surface area contributed by atoms with Gasteiger partial charge >= 0.3 is 0 Å². The first-order valence-corrected chi connectivity index (χ1v) is 11.8. The summed E-state index contributed by atoms with van der Waals surface area (Å²) in [4.78, 5) is 15.5. The molecule has 2 heterocycles. The largest absolute Gasteiger partial charge is 0.493 e. The van der Waals surface area contributed by atoms with Crippen molar-refractivity contribution in [2.45, 2.75) is 12.5 Å². The highest BCUT2D eigenvalue weighted by Gasteiger charge is 2.41. The van der Waals surface area contributed by atoms with Crippen molar-refractivity contribution in [1.82, 2.24) is 15.1 Å². The van der Waals surface area contributed by atoms with Crippen LogP contribution in [-0.4, -0.2) is 41.8 Å². The van der Waals surface area contributed by atoms with Crippen LogP contribution in [0.5, 0.6) is 11.5 Å². The van der Waals surface area contributed by atoms with Crippen molar-refractivity contribution >= 4 is 21.8 Å². The Morgan fingerprint density at radius 2 is 1.71 bits per heavy atom. The molecule has 1 unspecified atom stereocenters. The third kappa shape index (κ3) is 3.96. The standard InChI is InChI=1S/C27H24BrN3O3/c1-33-21-13-8-17(16-22(21)34-2)14-15-31-26(19-9-11-20(28)12-10-19)23-24(18-6-4-3-5-7-18)29-30-25(23)27(31)32/h3-13,16,26H,14-15H2,1-2H3,(H,29,30). The maximum absolute atomic E-state index is 13.5. The molecule has 0 saturated carbocycles. The quantitative estimate of drug-likeness (QED) is 0.344. The lowest BCUT2D eigenvalue weighted by Crippen LogP contribution is -2.31. The van der Waals surface area contributed by atoms with Crippen LogP contribution in [0.1, 0.15) is 33.2 Å². The number of methoxy groups -OCH3 is 2. The molecule has 1 aliphatic heterocycles. The topological polar surface area (TPSA) is 67.5 Å². The van der Waals surface area contributed by atoms with E-state index >= 15 is 0 Å². The average molecular weight is 518 g/mol. The van der Waals surface area contributed by atoms with E-state index in [1.807, 2.05) is 65.6 Å². The number of fused-ring (bicyclic) bond motifs is 1. The summed E-state index contributed by atoms with van der Waals surface area (Å²) in [5.41, 5.74) is 5.38. The molecule has 0 bridgehead atoms. The molecule has 0 fully saturated rings. The van der Waals surface area contributed by atoms with Crippen LogP contribution in [0.15, 0.2) is 77.3 Å². The second-order valence-electron chi connectivity index (χ2n) is 8.12. The van der Waals surface area contributed by atoms with Crippen molar-refractivity contribution in [2.24, 2.45) is 0 Å². The Bertz CT molecular complexity index is 1320. The molecule has 1 aromatic heterocycles. The Labute approximate surface area is 206 Å². The molecule has 7 heteroatoms. The molecule has 1 N–H and O–H groups in total. The molecule has 3 aromatic carbocycles. The summed E-state index contributed by atoms with van der Waals surface area (Å²) in [5.74, 6) is 1.32. The molecule has 5 rings (SSSR count). The second-order valence-corrected chi connectivity index (χ2v) is 9.03. The number of aromatic amines is 1. The van der Waals surface area contributed by atoms with Crippen molar-refractivity contribution in [1.29, 1.82) is 0 Å². The Morgan fingerprint density at radius 3 is 2.41 bits per heavy atom. The fraction of sp³-hybridized carbons (Fsp3) is 0.185. The molecule has 1 aliphatic rings. The first kappa shape index (κ1) is 22.2. The third-order valence-electron chi connectivity index (χ3n) is 6.19. The van der Waals surface area contributed by atoms with Crippen molar-refractivity contribution in [3.8, 4) is 22.8 Å². The van der Waals surface area contributed by atoms with Crippen molar-refractivity contribution in [3.63, 3.8) is 0 Å². The highest BCUT2D eigenvalue weighted by Crippen LogP contribution is 2.43. The molecule has 6 nitrogen and oxygen atoms in total. The number of nitrogens with zero attached hydrogens (tertiary/aromatic N) is 2. The first-order chi connectivity index (χ1) is 16.6. The van der Waals surface area contributed by atoms with E-state index in [0.717, 1.165) is 32.4 Å². The SMILES string of the molecule is COc1ccc(CCN2C(=O)c3[nH]nc(-c4ccccc4)c3C2c2ccc(Br)cc2)cc1OC. The molecular formula is C27H24BrN3O3. The molecule has 4 aromatic rings. The number of H-pyrrole nitrogens is 1. The minimum atomic E-state index is -0.232. The zero-order chi connectivity index (χ0) is 23.7. The van der Waals surface area contributed by atoms with Gasteiger partial charge in [-0.1, -0.05) is 64.5 Å². The van der Waals surface area contributed by atoms with E-state index in [2.05, 4.69) is 38.3 Å². The Morgan fingerprint density at radius 1 is 0.971 bits per heavy atom. The van der Waals surface area contributed by atoms with Crippen molar-refractivity contribution < 1.29 is 14.3 Å². The fourth-order valence-electron chi connectivity index (χ4n) is 4.52. The van der Waals surface area contributed by atoms with Gasteiger partial charge in [-0.05, 0) is 41.8 Å². The Kier molecular flexibility index (Phi) is 6.11. The molecule has 0 spiro atoms. The van der Waals surface area contributed by atoms with E-state index < -0.39 is 0 Å². The van der Waals surface area contributed by atoms with E-state index in [9.17, 15) is 4.79 Å². The number of ether oxygens (including phenoxy) is 2. The van der Waals surface area contributed by atoms with E-state index in [-0.39, 0.29) is 11.9 Å². The first-order valence-electron chi connectivity index (χ1n) is 11.0. The van der Waals surface area contributed by atoms with Crippen LogP contribution in [0, 0.1) is 0 Å². The fourth-order valence-corrected chi connectivity index (χ4v) is 4.79. The van der Waals surface area contributed by atoms with Crippen LogP contribution >= 0.6 is 15.9 Å². The zero-order valence-corrected chi connectivity index (χ0v) is 20.5. The molecule has 1 amide bonds. The van der Waals surface area contributed by atoms with E-state index in [1.54, 1.807) is 14.2 Å². The summed E-state index contributed by atoms with van der Waals surface area (Å²) in [7, 11) is 3.25. The summed E-state index contributed by atoms with van der Waals surface area (Å²) in [6.07, 6.45) is 0.678. The van der Waals surface area contributed by atoms with Gasteiger partial charge < -0.3 is 14.4 Å².